The second-order valence-electron chi connectivity index (χ2n) is 4.75. The van der Waals surface area contributed by atoms with Crippen LogP contribution >= 0.6 is 0 Å². The third-order valence-corrected chi connectivity index (χ3v) is 3.51. The van der Waals surface area contributed by atoms with Crippen LogP contribution in [-0.2, 0) is 11.2 Å². The number of rotatable bonds is 8. The van der Waals surface area contributed by atoms with Crippen molar-refractivity contribution in [3.63, 3.8) is 0 Å². The van der Waals surface area contributed by atoms with Crippen molar-refractivity contribution in [3.8, 4) is 0 Å². The molecular weight excluding hydrogens is 260 g/mol. The van der Waals surface area contributed by atoms with Crippen molar-refractivity contribution in [3.05, 3.63) is 39.9 Å². The predicted molar refractivity (Wildman–Crippen MR) is 76.0 cm³/mol. The number of nitro benzene ring substituents is 1. The molecule has 0 atom stereocenters. The Hall–Kier alpha value is -1.83. The normalized spacial score (nSPS) is 11.3. The average molecular weight is 280 g/mol. The highest BCUT2D eigenvalue weighted by Crippen LogP contribution is 2.23. The Labute approximate surface area is 117 Å². The van der Waals surface area contributed by atoms with Gasteiger partial charge in [-0.15, -0.1) is 0 Å². The summed E-state index contributed by atoms with van der Waals surface area (Å²) in [6.45, 7) is 0.624. The van der Waals surface area contributed by atoms with E-state index < -0.39 is 10.3 Å². The first-order valence-corrected chi connectivity index (χ1v) is 6.36. The quantitative estimate of drug-likeness (QED) is 0.451. The van der Waals surface area contributed by atoms with Crippen LogP contribution in [0, 0.1) is 15.5 Å². The van der Waals surface area contributed by atoms with E-state index in [4.69, 9.17) is 17.2 Å². The van der Waals surface area contributed by atoms with Crippen LogP contribution in [0.5, 0.6) is 0 Å². The molecule has 7 nitrogen and oxygen atoms in total. The second-order valence-corrected chi connectivity index (χ2v) is 4.75. The van der Waals surface area contributed by atoms with E-state index in [1.807, 2.05) is 0 Å². The number of hydrogen-bond donors (Lipinski definition) is 3. The first-order chi connectivity index (χ1) is 9.49. The SMILES string of the molecule is NCCC(CN)(CN)C(=O)Cc1ccc([N+](=O)[O-])cc1. The van der Waals surface area contributed by atoms with Crippen LogP contribution in [0.25, 0.3) is 0 Å². The third-order valence-electron chi connectivity index (χ3n) is 3.51. The number of Topliss-reactive ketones (excluding diaryl/α,β-unsaturated/α-hetero) is 1. The van der Waals surface area contributed by atoms with Crippen molar-refractivity contribution in [2.24, 2.45) is 22.6 Å². The molecule has 0 radical (unpaired) electrons. The van der Waals surface area contributed by atoms with Gasteiger partial charge in [0.1, 0.15) is 5.78 Å². The van der Waals surface area contributed by atoms with Crippen LogP contribution in [0.4, 0.5) is 5.69 Å². The molecule has 0 saturated heterocycles. The van der Waals surface area contributed by atoms with E-state index >= 15 is 0 Å². The van der Waals surface area contributed by atoms with Crippen LogP contribution in [-0.4, -0.2) is 30.3 Å². The number of hydrogen-bond acceptors (Lipinski definition) is 6. The third kappa shape index (κ3) is 3.60. The summed E-state index contributed by atoms with van der Waals surface area (Å²) < 4.78 is 0. The number of benzene rings is 1. The molecule has 0 aromatic heterocycles. The summed E-state index contributed by atoms with van der Waals surface area (Å²) in [7, 11) is 0. The lowest BCUT2D eigenvalue weighted by molar-refractivity contribution is -0.384. The summed E-state index contributed by atoms with van der Waals surface area (Å²) in [6, 6.07) is 5.88. The van der Waals surface area contributed by atoms with Gasteiger partial charge in [0, 0.05) is 31.6 Å². The van der Waals surface area contributed by atoms with Crippen molar-refractivity contribution < 1.29 is 9.72 Å². The Balaban J connectivity index is 2.85. The molecule has 0 heterocycles. The molecule has 1 rings (SSSR count). The standard InChI is InChI=1S/C13H20N4O3/c14-6-5-13(8-15,9-16)12(18)7-10-1-3-11(4-2-10)17(19)20/h1-4H,5-9,14-16H2. The molecular formula is C13H20N4O3. The minimum absolute atomic E-state index is 0.00734. The molecule has 0 aliphatic heterocycles. The van der Waals surface area contributed by atoms with Gasteiger partial charge in [0.2, 0.25) is 0 Å². The summed E-state index contributed by atoms with van der Waals surface area (Å²) >= 11 is 0. The largest absolute Gasteiger partial charge is 0.330 e. The van der Waals surface area contributed by atoms with E-state index in [1.165, 1.54) is 12.1 Å². The maximum atomic E-state index is 12.4. The number of carbonyl (C=O) groups is 1. The molecule has 1 aromatic carbocycles. The van der Waals surface area contributed by atoms with Crippen LogP contribution in [0.3, 0.4) is 0 Å². The Kier molecular flexibility index (Phi) is 5.75. The van der Waals surface area contributed by atoms with Crippen molar-refractivity contribution in [1.82, 2.24) is 0 Å². The number of nitro groups is 1. The van der Waals surface area contributed by atoms with E-state index in [0.717, 1.165) is 0 Å². The molecule has 0 bridgehead atoms. The van der Waals surface area contributed by atoms with Crippen LogP contribution in [0.2, 0.25) is 0 Å². The highest BCUT2D eigenvalue weighted by atomic mass is 16.6. The van der Waals surface area contributed by atoms with Gasteiger partial charge in [-0.2, -0.15) is 0 Å². The summed E-state index contributed by atoms with van der Waals surface area (Å²) in [5, 5.41) is 10.6. The highest BCUT2D eigenvalue weighted by molar-refractivity contribution is 5.87. The van der Waals surface area contributed by atoms with Gasteiger partial charge in [0.25, 0.3) is 5.69 Å². The summed E-state index contributed by atoms with van der Waals surface area (Å²) in [4.78, 5) is 22.4. The Bertz CT molecular complexity index is 469. The Morgan fingerprint density at radius 2 is 1.70 bits per heavy atom. The highest BCUT2D eigenvalue weighted by Gasteiger charge is 2.34. The number of nitrogens with zero attached hydrogens (tertiary/aromatic N) is 1. The van der Waals surface area contributed by atoms with E-state index in [1.54, 1.807) is 12.1 Å². The lowest BCUT2D eigenvalue weighted by atomic mass is 9.78. The Morgan fingerprint density at radius 1 is 1.15 bits per heavy atom. The summed E-state index contributed by atoms with van der Waals surface area (Å²) in [6.07, 6.45) is 0.582. The second kappa shape index (κ2) is 7.09. The fourth-order valence-electron chi connectivity index (χ4n) is 2.04. The van der Waals surface area contributed by atoms with Gasteiger partial charge in [-0.25, -0.2) is 0 Å². The molecule has 0 spiro atoms. The van der Waals surface area contributed by atoms with Gasteiger partial charge < -0.3 is 17.2 Å². The summed E-state index contributed by atoms with van der Waals surface area (Å²) in [5.41, 5.74) is 16.7. The Morgan fingerprint density at radius 3 is 2.10 bits per heavy atom. The first kappa shape index (κ1) is 16.2. The lowest BCUT2D eigenvalue weighted by Gasteiger charge is -2.29. The van der Waals surface area contributed by atoms with E-state index in [-0.39, 0.29) is 31.0 Å². The number of nitrogens with two attached hydrogens (primary N) is 3. The van der Waals surface area contributed by atoms with Crippen molar-refractivity contribution in [2.45, 2.75) is 12.8 Å². The van der Waals surface area contributed by atoms with Gasteiger partial charge in [-0.05, 0) is 18.5 Å². The zero-order chi connectivity index (χ0) is 15.2. The van der Waals surface area contributed by atoms with Gasteiger partial charge in [-0.3, -0.25) is 14.9 Å². The molecule has 0 aliphatic rings. The van der Waals surface area contributed by atoms with Gasteiger partial charge in [0.15, 0.2) is 0 Å². The zero-order valence-corrected chi connectivity index (χ0v) is 11.2. The van der Waals surface area contributed by atoms with Crippen LogP contribution < -0.4 is 17.2 Å². The van der Waals surface area contributed by atoms with E-state index in [0.29, 0.717) is 18.5 Å². The molecule has 0 saturated carbocycles. The molecule has 0 unspecified atom stereocenters. The molecule has 0 aliphatic carbocycles. The van der Waals surface area contributed by atoms with E-state index in [9.17, 15) is 14.9 Å². The number of non-ortho nitro benzene ring substituents is 1. The van der Waals surface area contributed by atoms with Crippen LogP contribution in [0.1, 0.15) is 12.0 Å². The van der Waals surface area contributed by atoms with E-state index in [2.05, 4.69) is 0 Å². The van der Waals surface area contributed by atoms with Crippen molar-refractivity contribution in [2.75, 3.05) is 19.6 Å². The maximum Gasteiger partial charge on any atom is 0.269 e. The molecule has 0 fully saturated rings. The lowest BCUT2D eigenvalue weighted by Crippen LogP contribution is -2.47. The van der Waals surface area contributed by atoms with Gasteiger partial charge in [0.05, 0.1) is 10.3 Å². The molecule has 6 N–H and O–H groups in total. The molecule has 110 valence electrons. The van der Waals surface area contributed by atoms with Crippen molar-refractivity contribution in [1.29, 1.82) is 0 Å². The molecule has 7 heteroatoms. The predicted octanol–water partition coefficient (Wildman–Crippen LogP) is -0.0410. The average Bonchev–Trinajstić information content (AvgIpc) is 2.45. The smallest absolute Gasteiger partial charge is 0.269 e. The summed E-state index contributed by atoms with van der Waals surface area (Å²) in [5.74, 6) is -0.0817. The number of ketones is 1. The minimum Gasteiger partial charge on any atom is -0.330 e. The van der Waals surface area contributed by atoms with Gasteiger partial charge in [-0.1, -0.05) is 12.1 Å². The molecule has 1 aromatic rings. The van der Waals surface area contributed by atoms with Crippen molar-refractivity contribution >= 4 is 11.5 Å². The zero-order valence-electron chi connectivity index (χ0n) is 11.2. The monoisotopic (exact) mass is 280 g/mol. The molecule has 0 amide bonds. The fourth-order valence-corrected chi connectivity index (χ4v) is 2.04. The maximum absolute atomic E-state index is 12.4. The molecule has 20 heavy (non-hydrogen) atoms. The fraction of sp³-hybridized carbons (Fsp3) is 0.462. The first-order valence-electron chi connectivity index (χ1n) is 6.36. The minimum atomic E-state index is -0.809. The van der Waals surface area contributed by atoms with Crippen LogP contribution in [0.15, 0.2) is 24.3 Å². The van der Waals surface area contributed by atoms with Gasteiger partial charge >= 0.3 is 0 Å². The topological polar surface area (TPSA) is 138 Å². The number of carbonyl (C=O) groups excluding carboxylic acids is 1.